The molecular formula is C14H14BrNO3S. The number of hydrogen-bond acceptors (Lipinski definition) is 3. The van der Waals surface area contributed by atoms with Gasteiger partial charge < -0.3 is 4.74 Å². The average molecular weight is 356 g/mol. The lowest BCUT2D eigenvalue weighted by molar-refractivity contribution is 0.415. The second-order valence-electron chi connectivity index (χ2n) is 4.24. The van der Waals surface area contributed by atoms with Crippen molar-refractivity contribution < 1.29 is 13.2 Å². The molecule has 0 atom stereocenters. The summed E-state index contributed by atoms with van der Waals surface area (Å²) in [5.74, 6) is 0.600. The zero-order valence-electron chi connectivity index (χ0n) is 11.1. The fourth-order valence-electron chi connectivity index (χ4n) is 1.68. The van der Waals surface area contributed by atoms with Gasteiger partial charge in [0.05, 0.1) is 17.7 Å². The number of ether oxygens (including phenoxy) is 1. The molecule has 0 aromatic heterocycles. The summed E-state index contributed by atoms with van der Waals surface area (Å²) in [7, 11) is -2.08. The molecular weight excluding hydrogens is 342 g/mol. The number of benzene rings is 2. The first-order valence-corrected chi connectivity index (χ1v) is 8.13. The lowest BCUT2D eigenvalue weighted by Crippen LogP contribution is -2.13. The Morgan fingerprint density at radius 3 is 2.55 bits per heavy atom. The van der Waals surface area contributed by atoms with Crippen LogP contribution in [0, 0.1) is 6.92 Å². The molecule has 4 nitrogen and oxygen atoms in total. The highest BCUT2D eigenvalue weighted by Gasteiger charge is 2.15. The molecule has 2 aromatic carbocycles. The zero-order valence-corrected chi connectivity index (χ0v) is 13.5. The van der Waals surface area contributed by atoms with Gasteiger partial charge in [0, 0.05) is 10.5 Å². The quantitative estimate of drug-likeness (QED) is 0.911. The minimum Gasteiger partial charge on any atom is -0.497 e. The third-order valence-electron chi connectivity index (χ3n) is 2.80. The molecule has 0 radical (unpaired) electrons. The molecule has 20 heavy (non-hydrogen) atoms. The number of methoxy groups -OCH3 is 1. The van der Waals surface area contributed by atoms with Crippen LogP contribution in [0.2, 0.25) is 0 Å². The summed E-state index contributed by atoms with van der Waals surface area (Å²) < 4.78 is 33.1. The molecule has 0 bridgehead atoms. The molecule has 0 aliphatic heterocycles. The maximum atomic E-state index is 12.3. The SMILES string of the molecule is COc1ccc(C)c(NS(=O)(=O)c2cccc(Br)c2)c1. The Morgan fingerprint density at radius 1 is 1.15 bits per heavy atom. The van der Waals surface area contributed by atoms with E-state index in [2.05, 4.69) is 20.7 Å². The molecule has 0 unspecified atom stereocenters. The van der Waals surface area contributed by atoms with Gasteiger partial charge in [-0.25, -0.2) is 8.42 Å². The standard InChI is InChI=1S/C14H14BrNO3S/c1-10-6-7-12(19-2)9-14(10)16-20(17,18)13-5-3-4-11(15)8-13/h3-9,16H,1-2H3. The Hall–Kier alpha value is -1.53. The topological polar surface area (TPSA) is 55.4 Å². The number of anilines is 1. The van der Waals surface area contributed by atoms with Crippen molar-refractivity contribution in [3.8, 4) is 5.75 Å². The molecule has 2 rings (SSSR count). The summed E-state index contributed by atoms with van der Waals surface area (Å²) in [4.78, 5) is 0.203. The Labute approximate surface area is 127 Å². The van der Waals surface area contributed by atoms with Crippen molar-refractivity contribution in [1.82, 2.24) is 0 Å². The Kier molecular flexibility index (Phi) is 4.35. The van der Waals surface area contributed by atoms with E-state index in [1.165, 1.54) is 7.11 Å². The number of sulfonamides is 1. The minimum absolute atomic E-state index is 0.203. The maximum absolute atomic E-state index is 12.3. The maximum Gasteiger partial charge on any atom is 0.261 e. The van der Waals surface area contributed by atoms with E-state index < -0.39 is 10.0 Å². The molecule has 0 fully saturated rings. The van der Waals surface area contributed by atoms with Crippen molar-refractivity contribution in [3.05, 3.63) is 52.5 Å². The van der Waals surface area contributed by atoms with Crippen molar-refractivity contribution >= 4 is 31.6 Å². The fourth-order valence-corrected chi connectivity index (χ4v) is 3.39. The van der Waals surface area contributed by atoms with Crippen molar-refractivity contribution in [2.75, 3.05) is 11.8 Å². The van der Waals surface area contributed by atoms with Crippen LogP contribution >= 0.6 is 15.9 Å². The Bertz CT molecular complexity index is 729. The number of rotatable bonds is 4. The summed E-state index contributed by atoms with van der Waals surface area (Å²) in [5, 5.41) is 0. The molecule has 0 amide bonds. The molecule has 2 aromatic rings. The van der Waals surface area contributed by atoms with Crippen LogP contribution in [0.4, 0.5) is 5.69 Å². The first kappa shape index (κ1) is 14.9. The summed E-state index contributed by atoms with van der Waals surface area (Å²) in [6, 6.07) is 11.8. The van der Waals surface area contributed by atoms with E-state index in [4.69, 9.17) is 4.74 Å². The minimum atomic E-state index is -3.62. The van der Waals surface area contributed by atoms with Crippen LogP contribution in [-0.2, 0) is 10.0 Å². The van der Waals surface area contributed by atoms with Gasteiger partial charge >= 0.3 is 0 Å². The van der Waals surface area contributed by atoms with E-state index in [0.29, 0.717) is 15.9 Å². The van der Waals surface area contributed by atoms with Gasteiger partial charge in [0.2, 0.25) is 0 Å². The summed E-state index contributed by atoms with van der Waals surface area (Å²) in [5.41, 5.74) is 1.33. The lowest BCUT2D eigenvalue weighted by Gasteiger charge is -2.12. The van der Waals surface area contributed by atoms with E-state index in [1.807, 2.05) is 6.92 Å². The zero-order chi connectivity index (χ0) is 14.8. The molecule has 6 heteroatoms. The summed E-state index contributed by atoms with van der Waals surface area (Å²) in [6.45, 7) is 1.83. The second kappa shape index (κ2) is 5.85. The number of halogens is 1. The van der Waals surface area contributed by atoms with Gasteiger partial charge in [0.1, 0.15) is 5.75 Å². The molecule has 0 heterocycles. The molecule has 0 aliphatic carbocycles. The van der Waals surface area contributed by atoms with Gasteiger partial charge in [-0.05, 0) is 36.8 Å². The van der Waals surface area contributed by atoms with Gasteiger partial charge in [0.25, 0.3) is 10.0 Å². The van der Waals surface area contributed by atoms with Gasteiger partial charge in [-0.15, -0.1) is 0 Å². The first-order valence-electron chi connectivity index (χ1n) is 5.85. The molecule has 0 aliphatic rings. The largest absolute Gasteiger partial charge is 0.497 e. The van der Waals surface area contributed by atoms with Gasteiger partial charge in [0.15, 0.2) is 0 Å². The van der Waals surface area contributed by atoms with Crippen LogP contribution in [0.15, 0.2) is 51.8 Å². The van der Waals surface area contributed by atoms with Crippen LogP contribution in [-0.4, -0.2) is 15.5 Å². The van der Waals surface area contributed by atoms with E-state index in [1.54, 1.807) is 42.5 Å². The number of nitrogens with one attached hydrogen (secondary N) is 1. The van der Waals surface area contributed by atoms with E-state index in [-0.39, 0.29) is 4.90 Å². The van der Waals surface area contributed by atoms with E-state index >= 15 is 0 Å². The van der Waals surface area contributed by atoms with E-state index in [9.17, 15) is 8.42 Å². The van der Waals surface area contributed by atoms with Crippen molar-refractivity contribution in [1.29, 1.82) is 0 Å². The second-order valence-corrected chi connectivity index (χ2v) is 6.84. The number of aryl methyl sites for hydroxylation is 1. The van der Waals surface area contributed by atoms with Crippen LogP contribution in [0.1, 0.15) is 5.56 Å². The molecule has 0 spiro atoms. The Balaban J connectivity index is 2.38. The van der Waals surface area contributed by atoms with E-state index in [0.717, 1.165) is 5.56 Å². The lowest BCUT2D eigenvalue weighted by atomic mass is 10.2. The van der Waals surface area contributed by atoms with Crippen molar-refractivity contribution in [3.63, 3.8) is 0 Å². The van der Waals surface area contributed by atoms with Gasteiger partial charge in [-0.1, -0.05) is 28.1 Å². The van der Waals surface area contributed by atoms with Crippen molar-refractivity contribution in [2.45, 2.75) is 11.8 Å². The predicted molar refractivity (Wildman–Crippen MR) is 82.7 cm³/mol. The Morgan fingerprint density at radius 2 is 1.90 bits per heavy atom. The van der Waals surface area contributed by atoms with Crippen LogP contribution in [0.25, 0.3) is 0 Å². The highest BCUT2D eigenvalue weighted by Crippen LogP contribution is 2.25. The molecule has 0 saturated heterocycles. The highest BCUT2D eigenvalue weighted by atomic mass is 79.9. The van der Waals surface area contributed by atoms with Crippen LogP contribution in [0.3, 0.4) is 0 Å². The smallest absolute Gasteiger partial charge is 0.261 e. The average Bonchev–Trinajstić information content (AvgIpc) is 2.41. The predicted octanol–water partition coefficient (Wildman–Crippen LogP) is 3.57. The number of hydrogen-bond donors (Lipinski definition) is 1. The molecule has 106 valence electrons. The normalized spacial score (nSPS) is 11.2. The van der Waals surface area contributed by atoms with Crippen LogP contribution < -0.4 is 9.46 Å². The monoisotopic (exact) mass is 355 g/mol. The third kappa shape index (κ3) is 3.32. The fraction of sp³-hybridized carbons (Fsp3) is 0.143. The van der Waals surface area contributed by atoms with Crippen molar-refractivity contribution in [2.24, 2.45) is 0 Å². The third-order valence-corrected chi connectivity index (χ3v) is 4.65. The van der Waals surface area contributed by atoms with Gasteiger partial charge in [-0.2, -0.15) is 0 Å². The summed E-state index contributed by atoms with van der Waals surface area (Å²) in [6.07, 6.45) is 0. The van der Waals surface area contributed by atoms with Crippen LogP contribution in [0.5, 0.6) is 5.75 Å². The molecule has 0 saturated carbocycles. The highest BCUT2D eigenvalue weighted by molar-refractivity contribution is 9.10. The first-order chi connectivity index (χ1) is 9.42. The molecule has 1 N–H and O–H groups in total. The van der Waals surface area contributed by atoms with Gasteiger partial charge in [-0.3, -0.25) is 4.72 Å². The summed E-state index contributed by atoms with van der Waals surface area (Å²) >= 11 is 3.27.